The Morgan fingerprint density at radius 2 is 1.80 bits per heavy atom. The molecule has 7 heteroatoms. The molecule has 0 saturated heterocycles. The average Bonchev–Trinajstić information content (AvgIpc) is 2.14. The third kappa shape index (κ3) is 5.58. The molecule has 0 aliphatic rings. The summed E-state index contributed by atoms with van der Waals surface area (Å²) in [6.07, 6.45) is 0. The van der Waals surface area contributed by atoms with E-state index >= 15 is 0 Å². The zero-order chi connectivity index (χ0) is 11.3. The van der Waals surface area contributed by atoms with Gasteiger partial charge in [-0.15, -0.1) is 0 Å². The summed E-state index contributed by atoms with van der Waals surface area (Å²) in [6, 6.07) is 6.66. The molecule has 15 heavy (non-hydrogen) atoms. The smallest absolute Gasteiger partial charge is 0.333 e. The van der Waals surface area contributed by atoms with E-state index in [-0.39, 0.29) is 13.2 Å². The Bertz CT molecular complexity index is 403. The lowest BCUT2D eigenvalue weighted by Gasteiger charge is -2.05. The van der Waals surface area contributed by atoms with Crippen LogP contribution in [0.1, 0.15) is 0 Å². The average molecular weight is 252 g/mol. The van der Waals surface area contributed by atoms with Crippen LogP contribution in [-0.4, -0.2) is 21.6 Å². The second-order valence-electron chi connectivity index (χ2n) is 2.62. The second kappa shape index (κ2) is 5.32. The lowest BCUT2D eigenvalue weighted by atomic mass is 10.3. The summed E-state index contributed by atoms with van der Waals surface area (Å²) >= 11 is 5.66. The first-order valence-corrected chi connectivity index (χ1v) is 5.88. The molecule has 1 aromatic carbocycles. The van der Waals surface area contributed by atoms with Crippen LogP contribution in [0.25, 0.3) is 0 Å². The number of rotatable bonds is 5. The first-order valence-electron chi connectivity index (χ1n) is 4.03. The topological polar surface area (TPSA) is 78.6 Å². The minimum atomic E-state index is -3.89. The van der Waals surface area contributed by atoms with Crippen LogP contribution in [0.5, 0.6) is 5.75 Å². The third-order valence-corrected chi connectivity index (χ3v) is 2.16. The lowest BCUT2D eigenvalue weighted by molar-refractivity contribution is 0.221. The van der Waals surface area contributed by atoms with E-state index in [2.05, 4.69) is 9.32 Å². The maximum atomic E-state index is 10.4. The third-order valence-electron chi connectivity index (χ3n) is 1.41. The van der Waals surface area contributed by atoms with Gasteiger partial charge in [-0.25, -0.2) is 5.14 Å². The molecule has 0 aliphatic heterocycles. The SMILES string of the molecule is NS(=O)(=O)OCCOc1ccc(Cl)cc1. The molecule has 0 aliphatic carbocycles. The number of benzene rings is 1. The Kier molecular flexibility index (Phi) is 4.34. The van der Waals surface area contributed by atoms with Crippen LogP contribution >= 0.6 is 11.6 Å². The van der Waals surface area contributed by atoms with Crippen LogP contribution in [0, 0.1) is 0 Å². The van der Waals surface area contributed by atoms with Crippen LogP contribution in [0.3, 0.4) is 0 Å². The number of hydrogen-bond acceptors (Lipinski definition) is 4. The number of ether oxygens (including phenoxy) is 1. The summed E-state index contributed by atoms with van der Waals surface area (Å²) in [5.41, 5.74) is 0. The molecule has 2 N–H and O–H groups in total. The van der Waals surface area contributed by atoms with E-state index in [0.717, 1.165) is 0 Å². The molecule has 0 aromatic heterocycles. The standard InChI is InChI=1S/C8H10ClNO4S/c9-7-1-3-8(4-2-7)13-5-6-14-15(10,11)12/h1-4H,5-6H2,(H2,10,11,12). The quantitative estimate of drug-likeness (QED) is 0.790. The number of nitrogens with two attached hydrogens (primary N) is 1. The van der Waals surface area contributed by atoms with Gasteiger partial charge in [0.15, 0.2) is 0 Å². The van der Waals surface area contributed by atoms with E-state index < -0.39 is 10.3 Å². The Morgan fingerprint density at radius 1 is 1.20 bits per heavy atom. The monoisotopic (exact) mass is 251 g/mol. The predicted molar refractivity (Wildman–Crippen MR) is 56.0 cm³/mol. The summed E-state index contributed by atoms with van der Waals surface area (Å²) in [6.45, 7) is -0.0283. The van der Waals surface area contributed by atoms with Crippen molar-refractivity contribution in [2.75, 3.05) is 13.2 Å². The number of halogens is 1. The van der Waals surface area contributed by atoms with Gasteiger partial charge in [0.05, 0.1) is 0 Å². The summed E-state index contributed by atoms with van der Waals surface area (Å²) < 4.78 is 30.2. The van der Waals surface area contributed by atoms with Crippen molar-refractivity contribution in [3.63, 3.8) is 0 Å². The fourth-order valence-electron chi connectivity index (χ4n) is 0.841. The minimum absolute atomic E-state index is 0.0953. The Labute approximate surface area is 93.0 Å². The first-order chi connectivity index (χ1) is 6.97. The molecule has 1 aromatic rings. The molecule has 0 bridgehead atoms. The molecule has 0 unspecified atom stereocenters. The predicted octanol–water partition coefficient (Wildman–Crippen LogP) is 0.939. The summed E-state index contributed by atoms with van der Waals surface area (Å²) in [7, 11) is -3.89. The molecular formula is C8H10ClNO4S. The highest BCUT2D eigenvalue weighted by atomic mass is 35.5. The summed E-state index contributed by atoms with van der Waals surface area (Å²) in [5, 5.41) is 5.21. The van der Waals surface area contributed by atoms with Crippen molar-refractivity contribution < 1.29 is 17.3 Å². The van der Waals surface area contributed by atoms with Crippen LogP contribution in [0.2, 0.25) is 5.02 Å². The zero-order valence-corrected chi connectivity index (χ0v) is 9.29. The van der Waals surface area contributed by atoms with Crippen molar-refractivity contribution in [3.8, 4) is 5.75 Å². The molecule has 5 nitrogen and oxygen atoms in total. The van der Waals surface area contributed by atoms with Crippen LogP contribution in [-0.2, 0) is 14.5 Å². The molecule has 84 valence electrons. The lowest BCUT2D eigenvalue weighted by Crippen LogP contribution is -2.19. The first kappa shape index (κ1) is 12.3. The van der Waals surface area contributed by atoms with Gasteiger partial charge in [-0.3, -0.25) is 4.18 Å². The maximum absolute atomic E-state index is 10.4. The largest absolute Gasteiger partial charge is 0.491 e. The van der Waals surface area contributed by atoms with Crippen LogP contribution < -0.4 is 9.88 Å². The van der Waals surface area contributed by atoms with Crippen molar-refractivity contribution in [3.05, 3.63) is 29.3 Å². The highest BCUT2D eigenvalue weighted by Gasteiger charge is 2.01. The zero-order valence-electron chi connectivity index (χ0n) is 7.72. The van der Waals surface area contributed by atoms with E-state index in [1.807, 2.05) is 0 Å². The molecular weight excluding hydrogens is 242 g/mol. The normalized spacial score (nSPS) is 11.3. The van der Waals surface area contributed by atoms with Crippen molar-refractivity contribution in [1.29, 1.82) is 0 Å². The van der Waals surface area contributed by atoms with Gasteiger partial charge in [0.1, 0.15) is 19.0 Å². The second-order valence-corrected chi connectivity index (χ2v) is 4.27. The molecule has 0 atom stereocenters. The van der Waals surface area contributed by atoms with E-state index in [4.69, 9.17) is 16.3 Å². The fourth-order valence-corrected chi connectivity index (χ4v) is 1.27. The van der Waals surface area contributed by atoms with E-state index in [1.165, 1.54) is 0 Å². The Balaban J connectivity index is 2.29. The molecule has 0 fully saturated rings. The molecule has 0 amide bonds. The van der Waals surface area contributed by atoms with Gasteiger partial charge in [0.2, 0.25) is 0 Å². The van der Waals surface area contributed by atoms with Crippen molar-refractivity contribution in [1.82, 2.24) is 0 Å². The van der Waals surface area contributed by atoms with Crippen molar-refractivity contribution >= 4 is 21.9 Å². The van der Waals surface area contributed by atoms with Gasteiger partial charge in [-0.2, -0.15) is 8.42 Å². The Hall–Kier alpha value is -0.820. The summed E-state index contributed by atoms with van der Waals surface area (Å²) in [5.74, 6) is 0.581. The summed E-state index contributed by atoms with van der Waals surface area (Å²) in [4.78, 5) is 0. The molecule has 1 rings (SSSR count). The highest BCUT2D eigenvalue weighted by molar-refractivity contribution is 7.84. The van der Waals surface area contributed by atoms with E-state index in [9.17, 15) is 8.42 Å². The van der Waals surface area contributed by atoms with Crippen LogP contribution in [0.4, 0.5) is 0 Å². The van der Waals surface area contributed by atoms with Gasteiger partial charge in [-0.1, -0.05) is 11.6 Å². The van der Waals surface area contributed by atoms with Gasteiger partial charge in [-0.05, 0) is 24.3 Å². The Morgan fingerprint density at radius 3 is 2.33 bits per heavy atom. The molecule has 0 spiro atoms. The number of hydrogen-bond donors (Lipinski definition) is 1. The van der Waals surface area contributed by atoms with E-state index in [0.29, 0.717) is 10.8 Å². The van der Waals surface area contributed by atoms with Gasteiger partial charge >= 0.3 is 10.3 Å². The fraction of sp³-hybridized carbons (Fsp3) is 0.250. The van der Waals surface area contributed by atoms with Crippen LogP contribution in [0.15, 0.2) is 24.3 Å². The highest BCUT2D eigenvalue weighted by Crippen LogP contribution is 2.15. The van der Waals surface area contributed by atoms with Gasteiger partial charge < -0.3 is 4.74 Å². The van der Waals surface area contributed by atoms with Gasteiger partial charge in [0.25, 0.3) is 0 Å². The van der Waals surface area contributed by atoms with Gasteiger partial charge in [0, 0.05) is 5.02 Å². The van der Waals surface area contributed by atoms with Crippen molar-refractivity contribution in [2.24, 2.45) is 5.14 Å². The molecule has 0 radical (unpaired) electrons. The maximum Gasteiger partial charge on any atom is 0.333 e. The minimum Gasteiger partial charge on any atom is -0.491 e. The van der Waals surface area contributed by atoms with E-state index in [1.54, 1.807) is 24.3 Å². The molecule has 0 saturated carbocycles. The van der Waals surface area contributed by atoms with Crippen molar-refractivity contribution in [2.45, 2.75) is 0 Å². The molecule has 0 heterocycles.